The highest BCUT2D eigenvalue weighted by atomic mass is 16.5. The lowest BCUT2D eigenvalue weighted by atomic mass is 10.4. The monoisotopic (exact) mass is 198 g/mol. The summed E-state index contributed by atoms with van der Waals surface area (Å²) in [6, 6.07) is 0. The summed E-state index contributed by atoms with van der Waals surface area (Å²) in [7, 11) is 1.75. The van der Waals surface area contributed by atoms with E-state index >= 15 is 0 Å². The number of rotatable bonds is 6. The van der Waals surface area contributed by atoms with Crippen molar-refractivity contribution in [2.75, 3.05) is 13.2 Å². The SMILES string of the molecule is CCCCOCCn1ccn(C)c1=O. The molecule has 0 saturated carbocycles. The van der Waals surface area contributed by atoms with Crippen molar-refractivity contribution in [2.24, 2.45) is 7.05 Å². The van der Waals surface area contributed by atoms with Crippen LogP contribution in [-0.4, -0.2) is 22.3 Å². The first-order chi connectivity index (χ1) is 6.75. The van der Waals surface area contributed by atoms with Crippen LogP contribution in [0.2, 0.25) is 0 Å². The molecule has 14 heavy (non-hydrogen) atoms. The Morgan fingerprint density at radius 2 is 2.14 bits per heavy atom. The number of aromatic nitrogens is 2. The van der Waals surface area contributed by atoms with E-state index in [-0.39, 0.29) is 5.69 Å². The van der Waals surface area contributed by atoms with Gasteiger partial charge in [0.2, 0.25) is 0 Å². The molecule has 0 aliphatic rings. The molecule has 1 aromatic rings. The molecule has 80 valence electrons. The average molecular weight is 198 g/mol. The molecular formula is C10H18N2O2. The minimum absolute atomic E-state index is 0.0177. The lowest BCUT2D eigenvalue weighted by Crippen LogP contribution is -2.23. The van der Waals surface area contributed by atoms with E-state index in [1.807, 2.05) is 0 Å². The number of hydrogen-bond acceptors (Lipinski definition) is 2. The van der Waals surface area contributed by atoms with E-state index in [1.165, 1.54) is 0 Å². The standard InChI is InChI=1S/C10H18N2O2/c1-3-4-8-14-9-7-12-6-5-11(2)10(12)13/h5-6H,3-4,7-9H2,1-2H3. The summed E-state index contributed by atoms with van der Waals surface area (Å²) in [5.74, 6) is 0. The summed E-state index contributed by atoms with van der Waals surface area (Å²) in [5, 5.41) is 0. The zero-order chi connectivity index (χ0) is 10.4. The molecule has 0 aliphatic heterocycles. The van der Waals surface area contributed by atoms with E-state index in [0.717, 1.165) is 19.4 Å². The van der Waals surface area contributed by atoms with E-state index in [9.17, 15) is 4.79 Å². The fraction of sp³-hybridized carbons (Fsp3) is 0.700. The van der Waals surface area contributed by atoms with Gasteiger partial charge in [0, 0.05) is 26.0 Å². The van der Waals surface area contributed by atoms with Crippen LogP contribution in [0, 0.1) is 0 Å². The molecule has 1 rings (SSSR count). The second kappa shape index (κ2) is 5.65. The third-order valence-corrected chi connectivity index (χ3v) is 2.14. The minimum atomic E-state index is 0.0177. The van der Waals surface area contributed by atoms with E-state index in [4.69, 9.17) is 4.74 Å². The average Bonchev–Trinajstić information content (AvgIpc) is 2.49. The Morgan fingerprint density at radius 1 is 1.36 bits per heavy atom. The molecule has 0 aromatic carbocycles. The highest BCUT2D eigenvalue weighted by molar-refractivity contribution is 4.79. The molecule has 0 radical (unpaired) electrons. The maximum atomic E-state index is 11.4. The number of hydrogen-bond donors (Lipinski definition) is 0. The third kappa shape index (κ3) is 3.03. The number of unbranched alkanes of at least 4 members (excludes halogenated alkanes) is 1. The molecule has 4 nitrogen and oxygen atoms in total. The Labute approximate surface area is 84.1 Å². The summed E-state index contributed by atoms with van der Waals surface area (Å²) in [5.41, 5.74) is 0.0177. The minimum Gasteiger partial charge on any atom is -0.380 e. The molecular weight excluding hydrogens is 180 g/mol. The zero-order valence-electron chi connectivity index (χ0n) is 8.90. The molecule has 0 saturated heterocycles. The van der Waals surface area contributed by atoms with Crippen molar-refractivity contribution in [3.8, 4) is 0 Å². The van der Waals surface area contributed by atoms with Crippen LogP contribution in [0.4, 0.5) is 0 Å². The molecule has 0 bridgehead atoms. The van der Waals surface area contributed by atoms with Gasteiger partial charge in [-0.2, -0.15) is 0 Å². The van der Waals surface area contributed by atoms with Gasteiger partial charge in [-0.3, -0.25) is 4.57 Å². The zero-order valence-corrected chi connectivity index (χ0v) is 8.90. The second-order valence-corrected chi connectivity index (χ2v) is 3.35. The van der Waals surface area contributed by atoms with Crippen molar-refractivity contribution in [1.82, 2.24) is 9.13 Å². The molecule has 1 aromatic heterocycles. The Kier molecular flexibility index (Phi) is 4.46. The molecule has 0 N–H and O–H groups in total. The number of imidazole rings is 1. The molecule has 0 aliphatic carbocycles. The number of aryl methyl sites for hydroxylation is 1. The fourth-order valence-electron chi connectivity index (χ4n) is 1.19. The summed E-state index contributed by atoms with van der Waals surface area (Å²) in [6.07, 6.45) is 5.77. The smallest absolute Gasteiger partial charge is 0.327 e. The highest BCUT2D eigenvalue weighted by Gasteiger charge is 1.98. The van der Waals surface area contributed by atoms with Gasteiger partial charge >= 0.3 is 5.69 Å². The van der Waals surface area contributed by atoms with Crippen LogP contribution in [0.5, 0.6) is 0 Å². The predicted molar refractivity (Wildman–Crippen MR) is 55.4 cm³/mol. The van der Waals surface area contributed by atoms with Crippen LogP contribution in [-0.2, 0) is 18.3 Å². The Balaban J connectivity index is 2.25. The Bertz CT molecular complexity index is 314. The third-order valence-electron chi connectivity index (χ3n) is 2.14. The van der Waals surface area contributed by atoms with Crippen LogP contribution in [0.25, 0.3) is 0 Å². The molecule has 0 fully saturated rings. The fourth-order valence-corrected chi connectivity index (χ4v) is 1.19. The maximum absolute atomic E-state index is 11.4. The van der Waals surface area contributed by atoms with Gasteiger partial charge in [0.05, 0.1) is 13.2 Å². The highest BCUT2D eigenvalue weighted by Crippen LogP contribution is 1.89. The quantitative estimate of drug-likeness (QED) is 0.639. The van der Waals surface area contributed by atoms with Crippen molar-refractivity contribution in [2.45, 2.75) is 26.3 Å². The Morgan fingerprint density at radius 3 is 2.71 bits per heavy atom. The lowest BCUT2D eigenvalue weighted by Gasteiger charge is -2.03. The molecule has 4 heteroatoms. The maximum Gasteiger partial charge on any atom is 0.327 e. The van der Waals surface area contributed by atoms with Gasteiger partial charge in [-0.25, -0.2) is 4.79 Å². The van der Waals surface area contributed by atoms with Gasteiger partial charge in [-0.1, -0.05) is 13.3 Å². The molecule has 0 unspecified atom stereocenters. The van der Waals surface area contributed by atoms with Gasteiger partial charge in [-0.05, 0) is 6.42 Å². The van der Waals surface area contributed by atoms with Crippen LogP contribution < -0.4 is 5.69 Å². The van der Waals surface area contributed by atoms with E-state index in [1.54, 1.807) is 28.6 Å². The molecule has 0 amide bonds. The van der Waals surface area contributed by atoms with E-state index < -0.39 is 0 Å². The van der Waals surface area contributed by atoms with Gasteiger partial charge in [0.25, 0.3) is 0 Å². The van der Waals surface area contributed by atoms with Crippen LogP contribution in [0.1, 0.15) is 19.8 Å². The van der Waals surface area contributed by atoms with Gasteiger partial charge in [0.1, 0.15) is 0 Å². The Hall–Kier alpha value is -1.03. The topological polar surface area (TPSA) is 36.2 Å². The number of nitrogens with zero attached hydrogens (tertiary/aromatic N) is 2. The van der Waals surface area contributed by atoms with Crippen LogP contribution in [0.15, 0.2) is 17.2 Å². The van der Waals surface area contributed by atoms with Crippen molar-refractivity contribution in [3.05, 3.63) is 22.9 Å². The largest absolute Gasteiger partial charge is 0.380 e. The molecule has 0 atom stereocenters. The predicted octanol–water partition coefficient (Wildman–Crippen LogP) is 1.00. The molecule has 1 heterocycles. The van der Waals surface area contributed by atoms with Crippen LogP contribution in [0.3, 0.4) is 0 Å². The summed E-state index contributed by atoms with van der Waals surface area (Å²) in [6.45, 7) is 4.18. The van der Waals surface area contributed by atoms with E-state index in [0.29, 0.717) is 13.2 Å². The number of ether oxygens (including phenoxy) is 1. The van der Waals surface area contributed by atoms with Gasteiger partial charge in [-0.15, -0.1) is 0 Å². The van der Waals surface area contributed by atoms with E-state index in [2.05, 4.69) is 6.92 Å². The van der Waals surface area contributed by atoms with Crippen LogP contribution >= 0.6 is 0 Å². The second-order valence-electron chi connectivity index (χ2n) is 3.35. The lowest BCUT2D eigenvalue weighted by molar-refractivity contribution is 0.123. The van der Waals surface area contributed by atoms with Crippen molar-refractivity contribution < 1.29 is 4.74 Å². The summed E-state index contributed by atoms with van der Waals surface area (Å²) < 4.78 is 8.59. The van der Waals surface area contributed by atoms with Crippen molar-refractivity contribution in [3.63, 3.8) is 0 Å². The van der Waals surface area contributed by atoms with Crippen molar-refractivity contribution >= 4 is 0 Å². The first-order valence-corrected chi connectivity index (χ1v) is 5.05. The normalized spacial score (nSPS) is 10.7. The molecule has 0 spiro atoms. The first-order valence-electron chi connectivity index (χ1n) is 5.05. The van der Waals surface area contributed by atoms with Gasteiger partial charge in [0.15, 0.2) is 0 Å². The van der Waals surface area contributed by atoms with Gasteiger partial charge < -0.3 is 9.30 Å². The summed E-state index contributed by atoms with van der Waals surface area (Å²) in [4.78, 5) is 11.4. The first kappa shape index (κ1) is 11.0. The summed E-state index contributed by atoms with van der Waals surface area (Å²) >= 11 is 0. The van der Waals surface area contributed by atoms with Crippen molar-refractivity contribution in [1.29, 1.82) is 0 Å².